The summed E-state index contributed by atoms with van der Waals surface area (Å²) in [5.41, 5.74) is 1.66. The van der Waals surface area contributed by atoms with Gasteiger partial charge in [0.05, 0.1) is 11.4 Å². The fourth-order valence-electron chi connectivity index (χ4n) is 2.78. The SMILES string of the molecule is CCCCn1c(=O)c(NC=O)c(C(C)(C)C)n1-c1ccccc1. The van der Waals surface area contributed by atoms with Crippen molar-refractivity contribution in [2.45, 2.75) is 52.5 Å². The van der Waals surface area contributed by atoms with Crippen molar-refractivity contribution in [3.8, 4) is 5.69 Å². The molecule has 0 atom stereocenters. The van der Waals surface area contributed by atoms with Crippen molar-refractivity contribution >= 4 is 12.1 Å². The van der Waals surface area contributed by atoms with Crippen LogP contribution in [0.25, 0.3) is 5.69 Å². The molecule has 23 heavy (non-hydrogen) atoms. The monoisotopic (exact) mass is 315 g/mol. The lowest BCUT2D eigenvalue weighted by Crippen LogP contribution is -2.25. The molecule has 0 aliphatic rings. The highest BCUT2D eigenvalue weighted by atomic mass is 16.1. The van der Waals surface area contributed by atoms with E-state index in [0.717, 1.165) is 24.2 Å². The summed E-state index contributed by atoms with van der Waals surface area (Å²) in [5, 5.41) is 2.62. The van der Waals surface area contributed by atoms with E-state index < -0.39 is 0 Å². The Morgan fingerprint density at radius 2 is 1.83 bits per heavy atom. The van der Waals surface area contributed by atoms with Gasteiger partial charge < -0.3 is 5.32 Å². The molecule has 5 nitrogen and oxygen atoms in total. The minimum absolute atomic E-state index is 0.153. The highest BCUT2D eigenvalue weighted by molar-refractivity contribution is 5.73. The topological polar surface area (TPSA) is 56.0 Å². The predicted octanol–water partition coefficient (Wildman–Crippen LogP) is 3.30. The maximum absolute atomic E-state index is 12.8. The predicted molar refractivity (Wildman–Crippen MR) is 93.3 cm³/mol. The zero-order valence-electron chi connectivity index (χ0n) is 14.3. The van der Waals surface area contributed by atoms with Crippen molar-refractivity contribution in [1.82, 2.24) is 9.36 Å². The first-order valence-electron chi connectivity index (χ1n) is 8.03. The third kappa shape index (κ3) is 3.38. The van der Waals surface area contributed by atoms with E-state index in [0.29, 0.717) is 18.6 Å². The number of anilines is 1. The summed E-state index contributed by atoms with van der Waals surface area (Å²) in [5.74, 6) is 0. The Balaban J connectivity index is 2.80. The quantitative estimate of drug-likeness (QED) is 0.832. The number of carbonyl (C=O) groups excluding carboxylic acids is 1. The van der Waals surface area contributed by atoms with Crippen LogP contribution in [0.4, 0.5) is 5.69 Å². The van der Waals surface area contributed by atoms with Crippen LogP contribution in [0.1, 0.15) is 46.2 Å². The van der Waals surface area contributed by atoms with Gasteiger partial charge in [-0.15, -0.1) is 0 Å². The number of nitrogens with zero attached hydrogens (tertiary/aromatic N) is 2. The lowest BCUT2D eigenvalue weighted by Gasteiger charge is -2.24. The van der Waals surface area contributed by atoms with E-state index in [4.69, 9.17) is 0 Å². The average Bonchev–Trinajstić information content (AvgIpc) is 2.79. The van der Waals surface area contributed by atoms with Gasteiger partial charge in [-0.2, -0.15) is 0 Å². The van der Waals surface area contributed by atoms with Gasteiger partial charge in [-0.1, -0.05) is 52.3 Å². The van der Waals surface area contributed by atoms with Crippen molar-refractivity contribution in [2.24, 2.45) is 0 Å². The van der Waals surface area contributed by atoms with E-state index in [1.54, 1.807) is 4.68 Å². The van der Waals surface area contributed by atoms with Crippen LogP contribution in [0.5, 0.6) is 0 Å². The van der Waals surface area contributed by atoms with Crippen LogP contribution in [0.2, 0.25) is 0 Å². The van der Waals surface area contributed by atoms with Crippen molar-refractivity contribution in [2.75, 3.05) is 5.32 Å². The van der Waals surface area contributed by atoms with Gasteiger partial charge in [0, 0.05) is 12.0 Å². The Labute approximate surface area is 136 Å². The van der Waals surface area contributed by atoms with Crippen LogP contribution >= 0.6 is 0 Å². The van der Waals surface area contributed by atoms with E-state index in [1.165, 1.54) is 0 Å². The summed E-state index contributed by atoms with van der Waals surface area (Å²) in [6.45, 7) is 8.84. The lowest BCUT2D eigenvalue weighted by atomic mass is 9.91. The minimum Gasteiger partial charge on any atom is -0.323 e. The van der Waals surface area contributed by atoms with Gasteiger partial charge >= 0.3 is 0 Å². The van der Waals surface area contributed by atoms with E-state index in [1.807, 2.05) is 55.8 Å². The Morgan fingerprint density at radius 3 is 2.35 bits per heavy atom. The average molecular weight is 315 g/mol. The molecule has 0 bridgehead atoms. The maximum atomic E-state index is 12.8. The van der Waals surface area contributed by atoms with Crippen molar-refractivity contribution in [1.29, 1.82) is 0 Å². The van der Waals surface area contributed by atoms with E-state index in [9.17, 15) is 9.59 Å². The summed E-state index contributed by atoms with van der Waals surface area (Å²) in [7, 11) is 0. The molecule has 5 heteroatoms. The molecule has 124 valence electrons. The molecule has 0 unspecified atom stereocenters. The van der Waals surface area contributed by atoms with Crippen LogP contribution in [-0.4, -0.2) is 15.8 Å². The van der Waals surface area contributed by atoms with Gasteiger partial charge in [-0.25, -0.2) is 4.68 Å². The molecule has 1 amide bonds. The van der Waals surface area contributed by atoms with E-state index in [2.05, 4.69) is 12.2 Å². The molecule has 1 N–H and O–H groups in total. The number of nitrogens with one attached hydrogen (secondary N) is 1. The number of para-hydroxylation sites is 1. The Kier molecular flexibility index (Phi) is 5.08. The van der Waals surface area contributed by atoms with Gasteiger partial charge in [-0.3, -0.25) is 14.3 Å². The molecule has 0 saturated carbocycles. The van der Waals surface area contributed by atoms with Gasteiger partial charge in [0.25, 0.3) is 5.56 Å². The number of hydrogen-bond acceptors (Lipinski definition) is 2. The normalized spacial score (nSPS) is 11.5. The number of carbonyl (C=O) groups is 1. The highest BCUT2D eigenvalue weighted by Gasteiger charge is 2.29. The van der Waals surface area contributed by atoms with Crippen molar-refractivity contribution in [3.63, 3.8) is 0 Å². The van der Waals surface area contributed by atoms with Crippen molar-refractivity contribution < 1.29 is 4.79 Å². The van der Waals surface area contributed by atoms with Crippen LogP contribution in [0.3, 0.4) is 0 Å². The van der Waals surface area contributed by atoms with Crippen LogP contribution in [-0.2, 0) is 16.8 Å². The molecule has 1 aromatic carbocycles. The fourth-order valence-corrected chi connectivity index (χ4v) is 2.78. The fraction of sp³-hybridized carbons (Fsp3) is 0.444. The Hall–Kier alpha value is -2.30. The third-order valence-electron chi connectivity index (χ3n) is 3.78. The van der Waals surface area contributed by atoms with Crippen LogP contribution in [0.15, 0.2) is 35.1 Å². The zero-order valence-corrected chi connectivity index (χ0v) is 14.3. The second kappa shape index (κ2) is 6.86. The third-order valence-corrected chi connectivity index (χ3v) is 3.78. The lowest BCUT2D eigenvalue weighted by molar-refractivity contribution is -0.105. The number of aromatic nitrogens is 2. The first kappa shape index (κ1) is 17.1. The molecule has 0 spiro atoms. The zero-order chi connectivity index (χ0) is 17.0. The molecule has 0 aliphatic heterocycles. The number of rotatable bonds is 6. The first-order chi connectivity index (χ1) is 10.9. The van der Waals surface area contributed by atoms with Crippen molar-refractivity contribution in [3.05, 3.63) is 46.4 Å². The smallest absolute Gasteiger partial charge is 0.291 e. The van der Waals surface area contributed by atoms with Gasteiger partial charge in [-0.05, 0) is 18.6 Å². The second-order valence-electron chi connectivity index (χ2n) is 6.66. The number of hydrogen-bond donors (Lipinski definition) is 1. The maximum Gasteiger partial charge on any atom is 0.291 e. The summed E-state index contributed by atoms with van der Waals surface area (Å²) in [6.07, 6.45) is 2.47. The second-order valence-corrected chi connectivity index (χ2v) is 6.66. The summed E-state index contributed by atoms with van der Waals surface area (Å²) < 4.78 is 3.68. The summed E-state index contributed by atoms with van der Waals surface area (Å²) in [6, 6.07) is 9.79. The number of benzene rings is 1. The van der Waals surface area contributed by atoms with Gasteiger partial charge in [0.2, 0.25) is 6.41 Å². The molecule has 0 saturated heterocycles. The molecule has 2 rings (SSSR count). The molecular weight excluding hydrogens is 290 g/mol. The molecule has 0 aliphatic carbocycles. The Morgan fingerprint density at radius 1 is 1.17 bits per heavy atom. The largest absolute Gasteiger partial charge is 0.323 e. The Bertz CT molecular complexity index is 721. The summed E-state index contributed by atoms with van der Waals surface area (Å²) in [4.78, 5) is 23.9. The first-order valence-corrected chi connectivity index (χ1v) is 8.03. The molecule has 0 fully saturated rings. The van der Waals surface area contributed by atoms with Gasteiger partial charge in [0.1, 0.15) is 5.69 Å². The molecular formula is C18H25N3O2. The molecule has 1 aromatic heterocycles. The minimum atomic E-state index is -0.294. The molecule has 0 radical (unpaired) electrons. The molecule has 2 aromatic rings. The summed E-state index contributed by atoms with van der Waals surface area (Å²) >= 11 is 0. The standard InChI is InChI=1S/C18H25N3O2/c1-5-6-12-20-17(23)15(19-13-22)16(18(2,3)4)21(20)14-10-8-7-9-11-14/h7-11,13H,5-6,12H2,1-4H3,(H,19,22). The molecule has 1 heterocycles. The van der Waals surface area contributed by atoms with Gasteiger partial charge in [0.15, 0.2) is 0 Å². The van der Waals surface area contributed by atoms with E-state index in [-0.39, 0.29) is 11.0 Å². The highest BCUT2D eigenvalue weighted by Crippen LogP contribution is 2.30. The van der Waals surface area contributed by atoms with E-state index >= 15 is 0 Å². The number of amides is 1. The van der Waals surface area contributed by atoms with Crippen LogP contribution < -0.4 is 10.9 Å². The number of unbranched alkanes of at least 4 members (excludes halogenated alkanes) is 1. The van der Waals surface area contributed by atoms with Crippen LogP contribution in [0, 0.1) is 0 Å².